The summed E-state index contributed by atoms with van der Waals surface area (Å²) in [7, 11) is 4.98. The van der Waals surface area contributed by atoms with E-state index in [0.717, 1.165) is 37.4 Å². The Morgan fingerprint density at radius 1 is 1.12 bits per heavy atom. The minimum Gasteiger partial charge on any atom is -0.496 e. The van der Waals surface area contributed by atoms with E-state index in [-0.39, 0.29) is 6.04 Å². The molecule has 0 bridgehead atoms. The van der Waals surface area contributed by atoms with E-state index >= 15 is 0 Å². The van der Waals surface area contributed by atoms with Gasteiger partial charge >= 0.3 is 0 Å². The minimum absolute atomic E-state index is 0.106. The molecule has 0 aromatic heterocycles. The van der Waals surface area contributed by atoms with Crippen molar-refractivity contribution in [1.29, 1.82) is 0 Å². The molecular weight excluding hydrogens is 306 g/mol. The second kappa shape index (κ2) is 7.30. The van der Waals surface area contributed by atoms with Crippen molar-refractivity contribution < 1.29 is 14.2 Å². The molecule has 0 saturated carbocycles. The average Bonchev–Trinajstić information content (AvgIpc) is 3.03. The number of nitrogens with zero attached hydrogens (tertiary/aromatic N) is 2. The van der Waals surface area contributed by atoms with Gasteiger partial charge in [-0.3, -0.25) is 0 Å². The van der Waals surface area contributed by atoms with Crippen LogP contribution in [0.15, 0.2) is 17.2 Å². The molecule has 0 aliphatic carbocycles. The molecule has 132 valence electrons. The van der Waals surface area contributed by atoms with E-state index in [1.807, 2.05) is 12.1 Å². The van der Waals surface area contributed by atoms with Gasteiger partial charge in [-0.2, -0.15) is 5.10 Å². The lowest BCUT2D eigenvalue weighted by Gasteiger charge is -2.33. The third kappa shape index (κ3) is 3.02. The molecule has 3 rings (SSSR count). The number of rotatable bonds is 6. The predicted molar refractivity (Wildman–Crippen MR) is 94.2 cm³/mol. The van der Waals surface area contributed by atoms with Crippen LogP contribution in [0.25, 0.3) is 0 Å². The zero-order valence-electron chi connectivity index (χ0n) is 15.0. The first kappa shape index (κ1) is 16.9. The van der Waals surface area contributed by atoms with Gasteiger partial charge in [-0.25, -0.2) is 0 Å². The van der Waals surface area contributed by atoms with Gasteiger partial charge in [-0.15, -0.1) is 0 Å². The number of fused-ring (bicyclic) bond motifs is 1. The van der Waals surface area contributed by atoms with Crippen LogP contribution in [0.5, 0.6) is 17.2 Å². The van der Waals surface area contributed by atoms with Crippen molar-refractivity contribution in [2.24, 2.45) is 11.0 Å². The lowest BCUT2D eigenvalue weighted by atomic mass is 9.86. The topological polar surface area (TPSA) is 55.3 Å². The molecule has 1 aromatic carbocycles. The highest BCUT2D eigenvalue weighted by Gasteiger charge is 2.38. The standard InChI is InChI=1S/C18H27N3O3/c1-5-7-21-8-6-14-13(11-21)18(20-19-14)12-9-16(23-3)17(24-4)10-15(12)22-2/h9-10,13,18,20H,5-8,11H2,1-4H3. The van der Waals surface area contributed by atoms with Crippen molar-refractivity contribution >= 4 is 5.71 Å². The number of benzene rings is 1. The molecule has 6 nitrogen and oxygen atoms in total. The first-order valence-electron chi connectivity index (χ1n) is 8.56. The van der Waals surface area contributed by atoms with E-state index in [1.165, 1.54) is 12.1 Å². The Hall–Kier alpha value is -1.95. The molecule has 1 saturated heterocycles. The molecule has 2 aliphatic rings. The highest BCUT2D eigenvalue weighted by molar-refractivity contribution is 5.90. The Kier molecular flexibility index (Phi) is 5.14. The van der Waals surface area contributed by atoms with E-state index in [9.17, 15) is 0 Å². The molecule has 1 aromatic rings. The van der Waals surface area contributed by atoms with Crippen molar-refractivity contribution in [2.75, 3.05) is 41.0 Å². The maximum absolute atomic E-state index is 5.61. The normalized spacial score (nSPS) is 23.2. The summed E-state index contributed by atoms with van der Waals surface area (Å²) in [6, 6.07) is 4.00. The second-order valence-electron chi connectivity index (χ2n) is 6.32. The lowest BCUT2D eigenvalue weighted by Crippen LogP contribution is -2.42. The number of nitrogens with one attached hydrogen (secondary N) is 1. The summed E-state index contributed by atoms with van der Waals surface area (Å²) in [6.45, 7) is 5.49. The number of piperidine rings is 1. The summed E-state index contributed by atoms with van der Waals surface area (Å²) in [5.41, 5.74) is 5.66. The summed E-state index contributed by atoms with van der Waals surface area (Å²) in [6.07, 6.45) is 2.21. The zero-order chi connectivity index (χ0) is 17.1. The van der Waals surface area contributed by atoms with Crippen LogP contribution < -0.4 is 19.6 Å². The maximum Gasteiger partial charge on any atom is 0.164 e. The van der Waals surface area contributed by atoms with Crippen molar-refractivity contribution in [1.82, 2.24) is 10.3 Å². The van der Waals surface area contributed by atoms with Gasteiger partial charge in [0.25, 0.3) is 0 Å². The SMILES string of the molecule is CCCN1CCC2=NNC(c3cc(OC)c(OC)cc3OC)C2C1. The third-order valence-electron chi connectivity index (χ3n) is 4.93. The molecule has 2 heterocycles. The van der Waals surface area contributed by atoms with Gasteiger partial charge < -0.3 is 24.5 Å². The Labute approximate surface area is 143 Å². The second-order valence-corrected chi connectivity index (χ2v) is 6.32. The van der Waals surface area contributed by atoms with Gasteiger partial charge in [-0.1, -0.05) is 6.92 Å². The Morgan fingerprint density at radius 2 is 1.83 bits per heavy atom. The third-order valence-corrected chi connectivity index (χ3v) is 4.93. The first-order chi connectivity index (χ1) is 11.7. The molecule has 2 atom stereocenters. The van der Waals surface area contributed by atoms with Crippen molar-refractivity contribution in [3.05, 3.63) is 17.7 Å². The fourth-order valence-corrected chi connectivity index (χ4v) is 3.71. The van der Waals surface area contributed by atoms with Crippen molar-refractivity contribution in [3.8, 4) is 17.2 Å². The fourth-order valence-electron chi connectivity index (χ4n) is 3.71. The molecular formula is C18H27N3O3. The summed E-state index contributed by atoms with van der Waals surface area (Å²) in [5.74, 6) is 2.56. The van der Waals surface area contributed by atoms with E-state index in [4.69, 9.17) is 14.2 Å². The van der Waals surface area contributed by atoms with Gasteiger partial charge in [0.15, 0.2) is 11.5 Å². The van der Waals surface area contributed by atoms with E-state index in [2.05, 4.69) is 22.4 Å². The van der Waals surface area contributed by atoms with Crippen LogP contribution in [-0.4, -0.2) is 51.6 Å². The monoisotopic (exact) mass is 333 g/mol. The Morgan fingerprint density at radius 3 is 2.50 bits per heavy atom. The van der Waals surface area contributed by atoms with Gasteiger partial charge in [0.2, 0.25) is 0 Å². The van der Waals surface area contributed by atoms with Gasteiger partial charge in [0, 0.05) is 42.8 Å². The van der Waals surface area contributed by atoms with Gasteiger partial charge in [0.05, 0.1) is 27.4 Å². The van der Waals surface area contributed by atoms with E-state index in [1.54, 1.807) is 21.3 Å². The summed E-state index contributed by atoms with van der Waals surface area (Å²) in [5, 5.41) is 4.60. The number of methoxy groups -OCH3 is 3. The lowest BCUT2D eigenvalue weighted by molar-refractivity contribution is 0.226. The molecule has 1 fully saturated rings. The Bertz CT molecular complexity index is 618. The molecule has 1 N–H and O–H groups in total. The smallest absolute Gasteiger partial charge is 0.164 e. The maximum atomic E-state index is 5.61. The van der Waals surface area contributed by atoms with E-state index < -0.39 is 0 Å². The van der Waals surface area contributed by atoms with Crippen LogP contribution >= 0.6 is 0 Å². The van der Waals surface area contributed by atoms with Crippen molar-refractivity contribution in [3.63, 3.8) is 0 Å². The van der Waals surface area contributed by atoms with Crippen LogP contribution in [0.4, 0.5) is 0 Å². The zero-order valence-corrected chi connectivity index (χ0v) is 15.0. The van der Waals surface area contributed by atoms with Gasteiger partial charge in [0.1, 0.15) is 5.75 Å². The highest BCUT2D eigenvalue weighted by Crippen LogP contribution is 2.42. The fraction of sp³-hybridized carbons (Fsp3) is 0.611. The molecule has 2 aliphatic heterocycles. The quantitative estimate of drug-likeness (QED) is 0.866. The number of hydrogen-bond donors (Lipinski definition) is 1. The molecule has 6 heteroatoms. The van der Waals surface area contributed by atoms with Crippen molar-refractivity contribution in [2.45, 2.75) is 25.8 Å². The summed E-state index contributed by atoms with van der Waals surface area (Å²) < 4.78 is 16.5. The molecule has 0 amide bonds. The number of ether oxygens (including phenoxy) is 3. The molecule has 0 radical (unpaired) electrons. The number of hydrogen-bond acceptors (Lipinski definition) is 6. The molecule has 2 unspecified atom stereocenters. The number of likely N-dealkylation sites (tertiary alicyclic amines) is 1. The number of hydrazone groups is 1. The first-order valence-corrected chi connectivity index (χ1v) is 8.56. The Balaban J connectivity index is 1.91. The van der Waals surface area contributed by atoms with Crippen LogP contribution in [0, 0.1) is 5.92 Å². The molecule has 24 heavy (non-hydrogen) atoms. The van der Waals surface area contributed by atoms with Crippen LogP contribution in [-0.2, 0) is 0 Å². The van der Waals surface area contributed by atoms with Crippen LogP contribution in [0.2, 0.25) is 0 Å². The summed E-state index contributed by atoms with van der Waals surface area (Å²) >= 11 is 0. The average molecular weight is 333 g/mol. The highest BCUT2D eigenvalue weighted by atomic mass is 16.5. The van der Waals surface area contributed by atoms with Crippen LogP contribution in [0.1, 0.15) is 31.4 Å². The van der Waals surface area contributed by atoms with E-state index in [0.29, 0.717) is 17.4 Å². The summed E-state index contributed by atoms with van der Waals surface area (Å²) in [4.78, 5) is 2.52. The predicted octanol–water partition coefficient (Wildman–Crippen LogP) is 2.44. The molecule has 0 spiro atoms. The largest absolute Gasteiger partial charge is 0.496 e. The van der Waals surface area contributed by atoms with Gasteiger partial charge in [-0.05, 0) is 19.0 Å². The van der Waals surface area contributed by atoms with Crippen LogP contribution in [0.3, 0.4) is 0 Å². The minimum atomic E-state index is 0.106.